The topological polar surface area (TPSA) is 58.6 Å². The summed E-state index contributed by atoms with van der Waals surface area (Å²) in [6.07, 6.45) is 0. The van der Waals surface area contributed by atoms with E-state index in [2.05, 4.69) is 5.32 Å². The molecule has 0 radical (unpaired) electrons. The molecule has 1 aliphatic rings. The molecule has 6 heteroatoms. The molecule has 4 aromatic rings. The quantitative estimate of drug-likeness (QED) is 0.279. The average Bonchev–Trinajstić information content (AvgIpc) is 3.12. The van der Waals surface area contributed by atoms with E-state index in [4.69, 9.17) is 4.74 Å². The molecule has 0 fully saturated rings. The fourth-order valence-electron chi connectivity index (χ4n) is 3.85. The lowest BCUT2D eigenvalue weighted by atomic mass is 10.1. The summed E-state index contributed by atoms with van der Waals surface area (Å²) in [5.41, 5.74) is 3.59. The Morgan fingerprint density at radius 1 is 0.722 bits per heavy atom. The third-order valence-corrected chi connectivity index (χ3v) is 6.82. The minimum absolute atomic E-state index is 0.271. The number of thioether (sulfide) groups is 1. The normalized spacial score (nSPS) is 13.3. The van der Waals surface area contributed by atoms with E-state index in [1.807, 2.05) is 92.7 Å². The second-order valence-corrected chi connectivity index (χ2v) is 9.50. The van der Waals surface area contributed by atoms with Gasteiger partial charge in [-0.2, -0.15) is 0 Å². The van der Waals surface area contributed by atoms with Crippen LogP contribution in [0.5, 0.6) is 11.5 Å². The lowest BCUT2D eigenvalue weighted by Gasteiger charge is -2.16. The van der Waals surface area contributed by atoms with Gasteiger partial charge in [-0.1, -0.05) is 60.3 Å². The number of nitrogens with zero attached hydrogens (tertiary/aromatic N) is 1. The van der Waals surface area contributed by atoms with Crippen molar-refractivity contribution in [3.63, 3.8) is 0 Å². The number of rotatable bonds is 7. The van der Waals surface area contributed by atoms with E-state index in [9.17, 15) is 9.59 Å². The molecule has 36 heavy (non-hydrogen) atoms. The summed E-state index contributed by atoms with van der Waals surface area (Å²) < 4.78 is 5.86. The van der Waals surface area contributed by atoms with Gasteiger partial charge in [-0.25, -0.2) is 4.90 Å². The van der Waals surface area contributed by atoms with E-state index in [0.29, 0.717) is 22.1 Å². The molecule has 1 heterocycles. The van der Waals surface area contributed by atoms with Crippen molar-refractivity contribution in [3.8, 4) is 11.5 Å². The zero-order valence-electron chi connectivity index (χ0n) is 19.9. The molecule has 1 aliphatic heterocycles. The Morgan fingerprint density at radius 2 is 1.36 bits per heavy atom. The van der Waals surface area contributed by atoms with Gasteiger partial charge < -0.3 is 10.1 Å². The van der Waals surface area contributed by atoms with Crippen LogP contribution in [0.3, 0.4) is 0 Å². The van der Waals surface area contributed by atoms with Gasteiger partial charge in [0.05, 0.1) is 5.69 Å². The summed E-state index contributed by atoms with van der Waals surface area (Å²) in [6, 6.07) is 31.9. The Kier molecular flexibility index (Phi) is 6.60. The number of hydrogen-bond acceptors (Lipinski definition) is 5. The van der Waals surface area contributed by atoms with E-state index in [1.165, 1.54) is 16.7 Å². The van der Waals surface area contributed by atoms with Crippen LogP contribution in [0, 0.1) is 13.8 Å². The highest BCUT2D eigenvalue weighted by atomic mass is 32.2. The van der Waals surface area contributed by atoms with E-state index in [-0.39, 0.29) is 11.6 Å². The number of carbonyl (C=O) groups excluding carboxylic acids is 2. The van der Waals surface area contributed by atoms with Gasteiger partial charge >= 0.3 is 0 Å². The largest absolute Gasteiger partial charge is 0.457 e. The number of ether oxygens (including phenoxy) is 1. The van der Waals surface area contributed by atoms with Crippen LogP contribution < -0.4 is 15.0 Å². The van der Waals surface area contributed by atoms with E-state index in [1.54, 1.807) is 24.3 Å². The number of aryl methyl sites for hydroxylation is 2. The minimum Gasteiger partial charge on any atom is -0.457 e. The predicted molar refractivity (Wildman–Crippen MR) is 144 cm³/mol. The van der Waals surface area contributed by atoms with Gasteiger partial charge in [0.2, 0.25) is 0 Å². The molecule has 0 bridgehead atoms. The molecule has 0 aromatic heterocycles. The first-order chi connectivity index (χ1) is 17.5. The molecule has 5 nitrogen and oxygen atoms in total. The highest BCUT2D eigenvalue weighted by molar-refractivity contribution is 8.04. The highest BCUT2D eigenvalue weighted by Gasteiger charge is 2.40. The van der Waals surface area contributed by atoms with Crippen LogP contribution in [0.25, 0.3) is 0 Å². The molecule has 4 aromatic carbocycles. The summed E-state index contributed by atoms with van der Waals surface area (Å²) in [7, 11) is 0. The molecule has 0 saturated carbocycles. The maximum Gasteiger partial charge on any atom is 0.283 e. The first-order valence-corrected chi connectivity index (χ1v) is 12.3. The van der Waals surface area contributed by atoms with Crippen molar-refractivity contribution in [1.29, 1.82) is 0 Å². The Hall–Kier alpha value is -4.29. The highest BCUT2D eigenvalue weighted by Crippen LogP contribution is 2.38. The fraction of sp³-hybridized carbons (Fsp3) is 0.0667. The van der Waals surface area contributed by atoms with Crippen molar-refractivity contribution >= 4 is 35.0 Å². The lowest BCUT2D eigenvalue weighted by Crippen LogP contribution is -2.32. The number of benzene rings is 4. The van der Waals surface area contributed by atoms with Crippen LogP contribution in [-0.2, 0) is 9.59 Å². The summed E-state index contributed by atoms with van der Waals surface area (Å²) in [5.74, 6) is 0.570. The number of nitrogens with one attached hydrogen (secondary N) is 1. The molecule has 1 N–H and O–H groups in total. The number of para-hydroxylation sites is 1. The van der Waals surface area contributed by atoms with Gasteiger partial charge in [0.1, 0.15) is 22.1 Å². The van der Waals surface area contributed by atoms with Crippen molar-refractivity contribution < 1.29 is 14.3 Å². The molecule has 0 aliphatic carbocycles. The van der Waals surface area contributed by atoms with Crippen molar-refractivity contribution in [2.75, 3.05) is 10.2 Å². The Labute approximate surface area is 214 Å². The summed E-state index contributed by atoms with van der Waals surface area (Å²) in [6.45, 7) is 3.96. The van der Waals surface area contributed by atoms with E-state index in [0.717, 1.165) is 21.7 Å². The van der Waals surface area contributed by atoms with Gasteiger partial charge in [0.25, 0.3) is 11.8 Å². The molecule has 2 amide bonds. The molecule has 5 rings (SSSR count). The monoisotopic (exact) mass is 492 g/mol. The minimum atomic E-state index is -0.393. The lowest BCUT2D eigenvalue weighted by molar-refractivity contribution is -0.120. The van der Waals surface area contributed by atoms with Gasteiger partial charge in [0, 0.05) is 10.6 Å². The van der Waals surface area contributed by atoms with Crippen LogP contribution in [0.2, 0.25) is 0 Å². The maximum atomic E-state index is 13.6. The fourth-order valence-corrected chi connectivity index (χ4v) is 4.80. The molecule has 0 unspecified atom stereocenters. The Bertz CT molecular complexity index is 1450. The molecule has 0 spiro atoms. The third-order valence-electron chi connectivity index (χ3n) is 5.73. The number of amides is 2. The Balaban J connectivity index is 1.46. The predicted octanol–water partition coefficient (Wildman–Crippen LogP) is 7.08. The van der Waals surface area contributed by atoms with Crippen molar-refractivity contribution in [1.82, 2.24) is 0 Å². The third kappa shape index (κ3) is 4.90. The van der Waals surface area contributed by atoms with Crippen molar-refractivity contribution in [2.24, 2.45) is 0 Å². The van der Waals surface area contributed by atoms with Gasteiger partial charge in [-0.05, 0) is 79.6 Å². The summed E-state index contributed by atoms with van der Waals surface area (Å²) >= 11 is 1.28. The summed E-state index contributed by atoms with van der Waals surface area (Å²) in [4.78, 5) is 29.7. The second-order valence-electron chi connectivity index (χ2n) is 8.42. The zero-order chi connectivity index (χ0) is 25.1. The van der Waals surface area contributed by atoms with Gasteiger partial charge in [-0.3, -0.25) is 9.59 Å². The number of carbonyl (C=O) groups is 2. The first kappa shape index (κ1) is 23.5. The van der Waals surface area contributed by atoms with Crippen LogP contribution in [-0.4, -0.2) is 11.8 Å². The van der Waals surface area contributed by atoms with Crippen LogP contribution in [0.15, 0.2) is 119 Å². The van der Waals surface area contributed by atoms with Crippen molar-refractivity contribution in [2.45, 2.75) is 18.7 Å². The number of hydrogen-bond donors (Lipinski definition) is 1. The number of anilines is 2. The first-order valence-electron chi connectivity index (χ1n) is 11.5. The second kappa shape index (κ2) is 10.1. The van der Waals surface area contributed by atoms with Gasteiger partial charge in [0.15, 0.2) is 0 Å². The van der Waals surface area contributed by atoms with Crippen LogP contribution in [0.1, 0.15) is 11.1 Å². The smallest absolute Gasteiger partial charge is 0.283 e. The molecular weight excluding hydrogens is 468 g/mol. The van der Waals surface area contributed by atoms with Crippen LogP contribution >= 0.6 is 11.8 Å². The van der Waals surface area contributed by atoms with Gasteiger partial charge in [-0.15, -0.1) is 0 Å². The molecule has 0 saturated heterocycles. The zero-order valence-corrected chi connectivity index (χ0v) is 20.7. The summed E-state index contributed by atoms with van der Waals surface area (Å²) in [5, 5.41) is 3.27. The van der Waals surface area contributed by atoms with E-state index < -0.39 is 5.91 Å². The SMILES string of the molecule is Cc1ccc(C)c(NC2=C(Sc3ccccc3)C(=O)N(c3ccc(Oc4ccccc4)cc3)C2=O)c1. The Morgan fingerprint density at radius 3 is 2.06 bits per heavy atom. The van der Waals surface area contributed by atoms with Crippen molar-refractivity contribution in [3.05, 3.63) is 125 Å². The number of imide groups is 1. The standard InChI is InChI=1S/C30H24N2O3S/c1-20-13-14-21(2)26(19-20)31-27-28(36-25-11-7-4-8-12-25)30(34)32(29(27)33)22-15-17-24(18-16-22)35-23-9-5-3-6-10-23/h3-19,31H,1-2H3. The van der Waals surface area contributed by atoms with E-state index >= 15 is 0 Å². The molecular formula is C30H24N2O3S. The maximum absolute atomic E-state index is 13.6. The molecule has 178 valence electrons. The van der Waals surface area contributed by atoms with Crippen LogP contribution in [0.4, 0.5) is 11.4 Å². The molecule has 0 atom stereocenters. The average molecular weight is 493 g/mol.